The van der Waals surface area contributed by atoms with Crippen LogP contribution in [0.4, 0.5) is 5.69 Å². The van der Waals surface area contributed by atoms with Gasteiger partial charge in [0.1, 0.15) is 0 Å². The number of nitro benzene ring substituents is 1. The minimum atomic E-state index is -1.08. The summed E-state index contributed by atoms with van der Waals surface area (Å²) in [5, 5.41) is 10.9. The van der Waals surface area contributed by atoms with Crippen LogP contribution in [0.1, 0.15) is 18.4 Å². The summed E-state index contributed by atoms with van der Waals surface area (Å²) in [6.45, 7) is 2.59. The van der Waals surface area contributed by atoms with E-state index in [1.165, 1.54) is 6.07 Å². The Hall–Kier alpha value is -2.09. The van der Waals surface area contributed by atoms with Crippen molar-refractivity contribution < 1.29 is 13.9 Å². The number of piperidine rings is 1. The molecule has 0 aliphatic carbocycles. The quantitative estimate of drug-likeness (QED) is 0.500. The Morgan fingerprint density at radius 1 is 1.14 bits per heavy atom. The van der Waals surface area contributed by atoms with Crippen LogP contribution < -0.4 is 0 Å². The molecule has 1 aliphatic rings. The number of rotatable bonds is 8. The summed E-state index contributed by atoms with van der Waals surface area (Å²) in [5.74, 6) is 0.506. The van der Waals surface area contributed by atoms with Crippen LogP contribution >= 0.6 is 0 Å². The first kappa shape index (κ1) is 20.6. The number of benzene rings is 2. The van der Waals surface area contributed by atoms with E-state index in [9.17, 15) is 14.3 Å². The van der Waals surface area contributed by atoms with Crippen LogP contribution in [0.3, 0.4) is 0 Å². The highest BCUT2D eigenvalue weighted by Crippen LogP contribution is 2.28. The van der Waals surface area contributed by atoms with Gasteiger partial charge in [0.2, 0.25) is 0 Å². The van der Waals surface area contributed by atoms with Gasteiger partial charge in [-0.25, -0.2) is 0 Å². The van der Waals surface area contributed by atoms with Gasteiger partial charge in [-0.1, -0.05) is 30.3 Å². The van der Waals surface area contributed by atoms with Crippen molar-refractivity contribution in [2.24, 2.45) is 0 Å². The zero-order valence-corrected chi connectivity index (χ0v) is 16.9. The lowest BCUT2D eigenvalue weighted by molar-refractivity contribution is -0.384. The Bertz CT molecular complexity index is 820. The van der Waals surface area contributed by atoms with Crippen molar-refractivity contribution in [3.63, 3.8) is 0 Å². The number of methoxy groups -OCH3 is 1. The fourth-order valence-electron chi connectivity index (χ4n) is 3.60. The lowest BCUT2D eigenvalue weighted by atomic mass is 9.93. The van der Waals surface area contributed by atoms with Crippen molar-refractivity contribution in [3.8, 4) is 0 Å². The van der Waals surface area contributed by atoms with Gasteiger partial charge >= 0.3 is 0 Å². The molecular weight excluding hydrogens is 376 g/mol. The molecule has 0 spiro atoms. The average molecular weight is 403 g/mol. The third kappa shape index (κ3) is 5.25. The van der Waals surface area contributed by atoms with Crippen LogP contribution in [0.2, 0.25) is 0 Å². The lowest BCUT2D eigenvalue weighted by Gasteiger charge is -2.40. The van der Waals surface area contributed by atoms with E-state index in [2.05, 4.69) is 4.90 Å². The maximum atomic E-state index is 12.7. The minimum Gasteiger partial charge on any atom is -0.377 e. The van der Waals surface area contributed by atoms with E-state index in [0.717, 1.165) is 49.4 Å². The third-order valence-electron chi connectivity index (χ3n) is 5.44. The Morgan fingerprint density at radius 2 is 1.86 bits per heavy atom. The Balaban J connectivity index is 1.53. The second-order valence-electron chi connectivity index (χ2n) is 7.21. The molecule has 1 saturated heterocycles. The SMILES string of the molecule is COC1(CS(=O)c2ccccc2)CCN(CCc2cccc([N+](=O)[O-])c2)CC1. The van der Waals surface area contributed by atoms with E-state index in [1.54, 1.807) is 19.2 Å². The first-order valence-corrected chi connectivity index (χ1v) is 10.8. The van der Waals surface area contributed by atoms with Crippen molar-refractivity contribution in [1.29, 1.82) is 0 Å². The number of likely N-dealkylation sites (tertiary alicyclic amines) is 1. The van der Waals surface area contributed by atoms with Gasteiger partial charge in [-0.3, -0.25) is 14.3 Å². The Morgan fingerprint density at radius 3 is 2.50 bits per heavy atom. The summed E-state index contributed by atoms with van der Waals surface area (Å²) in [6.07, 6.45) is 2.44. The Kier molecular flexibility index (Phi) is 6.93. The number of hydrogen-bond donors (Lipinski definition) is 0. The smallest absolute Gasteiger partial charge is 0.269 e. The number of ether oxygens (including phenoxy) is 1. The molecule has 3 rings (SSSR count). The molecule has 1 aliphatic heterocycles. The monoisotopic (exact) mass is 402 g/mol. The molecule has 2 aromatic carbocycles. The summed E-state index contributed by atoms with van der Waals surface area (Å²) < 4.78 is 18.5. The number of hydrogen-bond acceptors (Lipinski definition) is 5. The molecule has 28 heavy (non-hydrogen) atoms. The van der Waals surface area contributed by atoms with Crippen molar-refractivity contribution in [3.05, 3.63) is 70.3 Å². The lowest BCUT2D eigenvalue weighted by Crippen LogP contribution is -2.49. The van der Waals surface area contributed by atoms with Crippen molar-refractivity contribution in [2.45, 2.75) is 29.8 Å². The van der Waals surface area contributed by atoms with Gasteiger partial charge in [0.05, 0.1) is 27.1 Å². The van der Waals surface area contributed by atoms with E-state index in [0.29, 0.717) is 5.75 Å². The van der Waals surface area contributed by atoms with Crippen LogP contribution in [-0.2, 0) is 22.0 Å². The minimum absolute atomic E-state index is 0.137. The molecule has 1 heterocycles. The van der Waals surface area contributed by atoms with Gasteiger partial charge in [0.25, 0.3) is 5.69 Å². The van der Waals surface area contributed by atoms with E-state index in [4.69, 9.17) is 4.74 Å². The molecule has 0 bridgehead atoms. The second-order valence-corrected chi connectivity index (χ2v) is 8.66. The standard InChI is InChI=1S/C21H26N2O4S/c1-27-21(17-28(26)20-8-3-2-4-9-20)11-14-22(15-12-21)13-10-18-6-5-7-19(16-18)23(24)25/h2-9,16H,10-15,17H2,1H3. The first-order valence-electron chi connectivity index (χ1n) is 9.46. The molecular formula is C21H26N2O4S. The van der Waals surface area contributed by atoms with E-state index < -0.39 is 10.8 Å². The highest BCUT2D eigenvalue weighted by molar-refractivity contribution is 7.85. The number of nitro groups is 1. The second kappa shape index (κ2) is 9.41. The maximum absolute atomic E-state index is 12.7. The van der Waals surface area contributed by atoms with Crippen molar-refractivity contribution in [2.75, 3.05) is 32.5 Å². The summed E-state index contributed by atoms with van der Waals surface area (Å²) >= 11 is 0. The van der Waals surface area contributed by atoms with E-state index >= 15 is 0 Å². The third-order valence-corrected chi connectivity index (χ3v) is 7.02. The van der Waals surface area contributed by atoms with Crippen LogP contribution in [0.15, 0.2) is 59.5 Å². The van der Waals surface area contributed by atoms with Crippen LogP contribution in [0.25, 0.3) is 0 Å². The van der Waals surface area contributed by atoms with Gasteiger partial charge in [-0.05, 0) is 37.0 Å². The molecule has 7 heteroatoms. The predicted octanol–water partition coefficient (Wildman–Crippen LogP) is 3.43. The largest absolute Gasteiger partial charge is 0.377 e. The van der Waals surface area contributed by atoms with Gasteiger partial charge in [-0.2, -0.15) is 0 Å². The summed E-state index contributed by atoms with van der Waals surface area (Å²) in [5.41, 5.74) is 0.754. The molecule has 0 aromatic heterocycles. The van der Waals surface area contributed by atoms with Gasteiger partial charge in [0.15, 0.2) is 0 Å². The molecule has 1 unspecified atom stereocenters. The van der Waals surface area contributed by atoms with Gasteiger partial charge in [0, 0.05) is 43.8 Å². The highest BCUT2D eigenvalue weighted by atomic mass is 32.2. The average Bonchev–Trinajstić information content (AvgIpc) is 2.74. The topological polar surface area (TPSA) is 72.7 Å². The molecule has 0 radical (unpaired) electrons. The van der Waals surface area contributed by atoms with Crippen LogP contribution in [-0.4, -0.2) is 52.1 Å². The summed E-state index contributed by atoms with van der Waals surface area (Å²) in [7, 11) is 0.630. The molecule has 1 atom stereocenters. The molecule has 150 valence electrons. The molecule has 0 N–H and O–H groups in total. The zero-order chi connectivity index (χ0) is 20.0. The van der Waals surface area contributed by atoms with Gasteiger partial charge in [-0.15, -0.1) is 0 Å². The highest BCUT2D eigenvalue weighted by Gasteiger charge is 2.36. The first-order chi connectivity index (χ1) is 13.5. The van der Waals surface area contributed by atoms with Gasteiger partial charge < -0.3 is 9.64 Å². The fourth-order valence-corrected chi connectivity index (χ4v) is 5.11. The molecule has 0 saturated carbocycles. The number of non-ortho nitro benzene ring substituents is 1. The maximum Gasteiger partial charge on any atom is 0.269 e. The van der Waals surface area contributed by atoms with Crippen molar-refractivity contribution in [1.82, 2.24) is 4.90 Å². The predicted molar refractivity (Wildman–Crippen MR) is 110 cm³/mol. The normalized spacial score (nSPS) is 17.9. The van der Waals surface area contributed by atoms with Crippen LogP contribution in [0, 0.1) is 10.1 Å². The van der Waals surface area contributed by atoms with Crippen LogP contribution in [0.5, 0.6) is 0 Å². The van der Waals surface area contributed by atoms with E-state index in [1.807, 2.05) is 36.4 Å². The molecule has 0 amide bonds. The Labute approximate surface area is 168 Å². The fraction of sp³-hybridized carbons (Fsp3) is 0.429. The van der Waals surface area contributed by atoms with Crippen molar-refractivity contribution >= 4 is 16.5 Å². The summed E-state index contributed by atoms with van der Waals surface area (Å²) in [4.78, 5) is 13.7. The van der Waals surface area contributed by atoms with E-state index in [-0.39, 0.29) is 16.2 Å². The molecule has 6 nitrogen and oxygen atoms in total. The number of nitrogens with zero attached hydrogens (tertiary/aromatic N) is 2. The molecule has 1 fully saturated rings. The summed E-state index contributed by atoms with van der Waals surface area (Å²) in [6, 6.07) is 16.4. The zero-order valence-electron chi connectivity index (χ0n) is 16.1. The molecule has 2 aromatic rings.